The summed E-state index contributed by atoms with van der Waals surface area (Å²) < 4.78 is 17.8. The lowest BCUT2D eigenvalue weighted by molar-refractivity contribution is 0.159. The molecule has 1 aromatic carbocycles. The van der Waals surface area contributed by atoms with Crippen molar-refractivity contribution in [2.75, 3.05) is 13.6 Å². The predicted octanol–water partition coefficient (Wildman–Crippen LogP) is 4.87. The number of nitrogens with zero attached hydrogens (tertiary/aromatic N) is 3. The molecule has 0 amide bonds. The fraction of sp³-hybridized carbons (Fsp3) is 0.381. The third-order valence-electron chi connectivity index (χ3n) is 5.38. The molecule has 0 spiro atoms. The highest BCUT2D eigenvalue weighted by Gasteiger charge is 2.31. The number of aromatic nitrogens is 2. The molecule has 0 N–H and O–H groups in total. The largest absolute Gasteiger partial charge is 0.339 e. The second-order valence-corrected chi connectivity index (χ2v) is 7.98. The van der Waals surface area contributed by atoms with Crippen LogP contribution in [0.5, 0.6) is 0 Å². The zero-order valence-corrected chi connectivity index (χ0v) is 16.1. The summed E-state index contributed by atoms with van der Waals surface area (Å²) >= 11 is 6.24. The van der Waals surface area contributed by atoms with Crippen LogP contribution in [0.3, 0.4) is 0 Å². The number of hydrogen-bond donors (Lipinski definition) is 0. The van der Waals surface area contributed by atoms with Crippen molar-refractivity contribution in [3.05, 3.63) is 64.1 Å². The lowest BCUT2D eigenvalue weighted by Gasteiger charge is -2.28. The Labute approximate surface area is 158 Å². The number of pyridine rings is 1. The van der Waals surface area contributed by atoms with Gasteiger partial charge in [0.05, 0.1) is 6.54 Å². The van der Waals surface area contributed by atoms with E-state index in [1.165, 1.54) is 11.3 Å². The van der Waals surface area contributed by atoms with Crippen LogP contribution in [0.1, 0.15) is 29.4 Å². The number of likely N-dealkylation sites (N-methyl/N-ethyl adjacent to an activating group) is 1. The number of fused-ring (bicyclic) bond motifs is 3. The van der Waals surface area contributed by atoms with E-state index in [1.54, 1.807) is 13.1 Å². The van der Waals surface area contributed by atoms with Gasteiger partial charge in [0.25, 0.3) is 0 Å². The van der Waals surface area contributed by atoms with Gasteiger partial charge in [0, 0.05) is 52.2 Å². The Hall–Kier alpha value is -1.91. The monoisotopic (exact) mass is 371 g/mol. The van der Waals surface area contributed by atoms with Gasteiger partial charge in [-0.15, -0.1) is 0 Å². The summed E-state index contributed by atoms with van der Waals surface area (Å²) in [6.07, 6.45) is 2.61. The maximum absolute atomic E-state index is 15.7. The van der Waals surface area contributed by atoms with Gasteiger partial charge < -0.3 is 9.47 Å². The van der Waals surface area contributed by atoms with Crippen LogP contribution in [0.4, 0.5) is 4.39 Å². The molecular formula is C21H23ClFN3. The molecule has 3 nitrogen and oxygen atoms in total. The highest BCUT2D eigenvalue weighted by atomic mass is 35.5. The van der Waals surface area contributed by atoms with Gasteiger partial charge >= 0.3 is 0 Å². The van der Waals surface area contributed by atoms with Crippen LogP contribution in [-0.2, 0) is 25.2 Å². The first-order valence-electron chi connectivity index (χ1n) is 8.95. The van der Waals surface area contributed by atoms with Crippen molar-refractivity contribution in [3.8, 4) is 0 Å². The van der Waals surface area contributed by atoms with Crippen molar-refractivity contribution in [2.45, 2.75) is 39.0 Å². The van der Waals surface area contributed by atoms with E-state index in [-0.39, 0.29) is 6.54 Å². The molecule has 0 saturated heterocycles. The Morgan fingerprint density at radius 2 is 2.08 bits per heavy atom. The van der Waals surface area contributed by atoms with E-state index >= 15 is 4.39 Å². The Kier molecular flexibility index (Phi) is 4.28. The van der Waals surface area contributed by atoms with Crippen LogP contribution in [-0.4, -0.2) is 28.0 Å². The summed E-state index contributed by atoms with van der Waals surface area (Å²) in [4.78, 5) is 6.55. The molecule has 1 aliphatic heterocycles. The second-order valence-electron chi connectivity index (χ2n) is 7.55. The number of hydrogen-bond acceptors (Lipinski definition) is 2. The lowest BCUT2D eigenvalue weighted by Crippen LogP contribution is -2.30. The number of aryl methyl sites for hydroxylation is 1. The molecule has 3 heterocycles. The summed E-state index contributed by atoms with van der Waals surface area (Å²) in [5, 5.41) is 1.88. The first-order chi connectivity index (χ1) is 12.3. The molecule has 1 unspecified atom stereocenters. The van der Waals surface area contributed by atoms with E-state index in [2.05, 4.69) is 21.5 Å². The quantitative estimate of drug-likeness (QED) is 0.654. The summed E-state index contributed by atoms with van der Waals surface area (Å²) in [6, 6.07) is 9.62. The minimum absolute atomic E-state index is 0.263. The standard InChI is InChI=1S/C21H23ClFN3/c1-14-4-5-15(11-24-14)21(2,23)13-26-19-7-6-16(22)10-18(19)17-8-9-25(3)12-20(17)26/h4-7,10-11H,8-9,12-13H2,1-3H3. The maximum Gasteiger partial charge on any atom is 0.152 e. The first kappa shape index (κ1) is 17.5. The molecule has 3 aromatic rings. The summed E-state index contributed by atoms with van der Waals surface area (Å²) in [7, 11) is 2.11. The lowest BCUT2D eigenvalue weighted by atomic mass is 9.99. The van der Waals surface area contributed by atoms with E-state index in [1.807, 2.05) is 37.3 Å². The molecule has 1 aliphatic rings. The SMILES string of the molecule is Cc1ccc(C(C)(F)Cn2c3c(c4cc(Cl)ccc42)CCN(C)C3)cn1. The number of halogens is 2. The molecule has 0 aliphatic carbocycles. The summed E-state index contributed by atoms with van der Waals surface area (Å²) in [5.74, 6) is 0. The van der Waals surface area contributed by atoms with Crippen LogP contribution >= 0.6 is 11.6 Å². The van der Waals surface area contributed by atoms with Crippen molar-refractivity contribution < 1.29 is 4.39 Å². The highest BCUT2D eigenvalue weighted by molar-refractivity contribution is 6.31. The van der Waals surface area contributed by atoms with Gasteiger partial charge in [0.1, 0.15) is 0 Å². The molecule has 4 rings (SSSR count). The van der Waals surface area contributed by atoms with Gasteiger partial charge in [-0.25, -0.2) is 4.39 Å². The van der Waals surface area contributed by atoms with Gasteiger partial charge in [-0.1, -0.05) is 17.7 Å². The van der Waals surface area contributed by atoms with E-state index < -0.39 is 5.67 Å². The first-order valence-corrected chi connectivity index (χ1v) is 9.33. The van der Waals surface area contributed by atoms with Crippen LogP contribution in [0.15, 0.2) is 36.5 Å². The molecule has 0 bridgehead atoms. The second kappa shape index (κ2) is 6.36. The maximum atomic E-state index is 15.7. The van der Waals surface area contributed by atoms with E-state index in [0.717, 1.165) is 41.1 Å². The molecule has 0 saturated carbocycles. The van der Waals surface area contributed by atoms with Crippen molar-refractivity contribution in [3.63, 3.8) is 0 Å². The molecule has 0 fully saturated rings. The van der Waals surface area contributed by atoms with E-state index in [0.29, 0.717) is 5.56 Å². The molecule has 0 radical (unpaired) electrons. The van der Waals surface area contributed by atoms with Crippen molar-refractivity contribution in [1.82, 2.24) is 14.5 Å². The Morgan fingerprint density at radius 3 is 2.81 bits per heavy atom. The summed E-state index contributed by atoms with van der Waals surface area (Å²) in [6.45, 7) is 5.64. The van der Waals surface area contributed by atoms with Gasteiger partial charge in [0.15, 0.2) is 5.67 Å². The molecule has 26 heavy (non-hydrogen) atoms. The van der Waals surface area contributed by atoms with Gasteiger partial charge in [-0.3, -0.25) is 4.98 Å². The van der Waals surface area contributed by atoms with E-state index in [9.17, 15) is 0 Å². The van der Waals surface area contributed by atoms with Crippen LogP contribution in [0.2, 0.25) is 5.02 Å². The molecule has 2 aromatic heterocycles. The van der Waals surface area contributed by atoms with Crippen LogP contribution in [0, 0.1) is 6.92 Å². The van der Waals surface area contributed by atoms with Gasteiger partial charge in [-0.2, -0.15) is 0 Å². The predicted molar refractivity (Wildman–Crippen MR) is 104 cm³/mol. The van der Waals surface area contributed by atoms with Crippen molar-refractivity contribution >= 4 is 22.5 Å². The normalized spacial score (nSPS) is 17.3. The number of alkyl halides is 1. The van der Waals surface area contributed by atoms with Crippen molar-refractivity contribution in [1.29, 1.82) is 0 Å². The zero-order chi connectivity index (χ0) is 18.5. The average molecular weight is 372 g/mol. The third kappa shape index (κ3) is 3.01. The van der Waals surface area contributed by atoms with Gasteiger partial charge in [-0.05, 0) is 57.1 Å². The highest BCUT2D eigenvalue weighted by Crippen LogP contribution is 2.36. The Bertz CT molecular complexity index is 960. The smallest absolute Gasteiger partial charge is 0.152 e. The zero-order valence-electron chi connectivity index (χ0n) is 15.4. The average Bonchev–Trinajstić information content (AvgIpc) is 2.87. The minimum Gasteiger partial charge on any atom is -0.339 e. The topological polar surface area (TPSA) is 21.1 Å². The minimum atomic E-state index is -1.50. The van der Waals surface area contributed by atoms with Crippen LogP contribution < -0.4 is 0 Å². The number of benzene rings is 1. The van der Waals surface area contributed by atoms with Crippen LogP contribution in [0.25, 0.3) is 10.9 Å². The number of rotatable bonds is 3. The van der Waals surface area contributed by atoms with Crippen molar-refractivity contribution in [2.24, 2.45) is 0 Å². The van der Waals surface area contributed by atoms with E-state index in [4.69, 9.17) is 11.6 Å². The fourth-order valence-corrected chi connectivity index (χ4v) is 4.06. The Balaban J connectivity index is 1.83. The molecular weight excluding hydrogens is 349 g/mol. The molecule has 5 heteroatoms. The fourth-order valence-electron chi connectivity index (χ4n) is 3.89. The summed E-state index contributed by atoms with van der Waals surface area (Å²) in [5.41, 5.74) is 3.55. The Morgan fingerprint density at radius 1 is 1.27 bits per heavy atom. The third-order valence-corrected chi connectivity index (χ3v) is 5.62. The molecule has 136 valence electrons. The van der Waals surface area contributed by atoms with Gasteiger partial charge in [0.2, 0.25) is 0 Å². The molecule has 1 atom stereocenters.